The molecule has 0 aromatic heterocycles. The highest BCUT2D eigenvalue weighted by atomic mass is 19.3. The van der Waals surface area contributed by atoms with Gasteiger partial charge in [0, 0.05) is 5.56 Å². The average molecular weight is 250 g/mol. The van der Waals surface area contributed by atoms with Crippen molar-refractivity contribution in [1.29, 1.82) is 0 Å². The molecule has 94 valence electrons. The van der Waals surface area contributed by atoms with Gasteiger partial charge in [0.05, 0.1) is 5.92 Å². The quantitative estimate of drug-likeness (QED) is 0.833. The van der Waals surface area contributed by atoms with Crippen molar-refractivity contribution in [3.8, 4) is 0 Å². The zero-order valence-electron chi connectivity index (χ0n) is 8.88. The van der Waals surface area contributed by atoms with Gasteiger partial charge in [-0.15, -0.1) is 0 Å². The Bertz CT molecular complexity index is 432. The van der Waals surface area contributed by atoms with Crippen molar-refractivity contribution in [2.45, 2.75) is 19.8 Å². The summed E-state index contributed by atoms with van der Waals surface area (Å²) in [5.74, 6) is -4.85. The van der Waals surface area contributed by atoms with Gasteiger partial charge in [-0.3, -0.25) is 4.79 Å². The van der Waals surface area contributed by atoms with E-state index < -0.39 is 35.5 Å². The third-order valence-electron chi connectivity index (χ3n) is 2.33. The molecule has 1 N–H and O–H groups in total. The molecular weight excluding hydrogens is 240 g/mol. The van der Waals surface area contributed by atoms with Gasteiger partial charge in [-0.05, 0) is 24.1 Å². The van der Waals surface area contributed by atoms with E-state index in [4.69, 9.17) is 5.11 Å². The molecule has 1 aromatic carbocycles. The van der Waals surface area contributed by atoms with Crippen LogP contribution in [0.25, 0.3) is 0 Å². The lowest BCUT2D eigenvalue weighted by Gasteiger charge is -2.10. The fourth-order valence-electron chi connectivity index (χ4n) is 1.36. The van der Waals surface area contributed by atoms with E-state index in [1.807, 2.05) is 0 Å². The number of hydrogen-bond donors (Lipinski definition) is 1. The summed E-state index contributed by atoms with van der Waals surface area (Å²) >= 11 is 0. The number of benzene rings is 1. The average Bonchev–Trinajstić information content (AvgIpc) is 2.23. The van der Waals surface area contributed by atoms with Crippen LogP contribution in [0.5, 0.6) is 0 Å². The maximum absolute atomic E-state index is 13.3. The summed E-state index contributed by atoms with van der Waals surface area (Å²) in [6.07, 6.45) is -3.26. The molecule has 2 nitrogen and oxygen atoms in total. The van der Waals surface area contributed by atoms with Crippen LogP contribution in [-0.2, 0) is 11.2 Å². The Morgan fingerprint density at radius 2 is 1.94 bits per heavy atom. The fourth-order valence-corrected chi connectivity index (χ4v) is 1.36. The van der Waals surface area contributed by atoms with E-state index in [9.17, 15) is 22.4 Å². The largest absolute Gasteiger partial charge is 0.481 e. The summed E-state index contributed by atoms with van der Waals surface area (Å²) in [6.45, 7) is 1.29. The Morgan fingerprint density at radius 3 is 2.41 bits per heavy atom. The zero-order valence-corrected chi connectivity index (χ0v) is 8.88. The van der Waals surface area contributed by atoms with Crippen LogP contribution >= 0.6 is 0 Å². The van der Waals surface area contributed by atoms with Gasteiger partial charge >= 0.3 is 5.97 Å². The second-order valence-corrected chi connectivity index (χ2v) is 3.72. The molecule has 1 rings (SSSR count). The molecule has 0 saturated heterocycles. The first-order valence-electron chi connectivity index (χ1n) is 4.81. The molecule has 0 fully saturated rings. The molecule has 6 heteroatoms. The molecular formula is C11H10F4O2. The van der Waals surface area contributed by atoms with Gasteiger partial charge in [-0.2, -0.15) is 0 Å². The first-order chi connectivity index (χ1) is 7.82. The summed E-state index contributed by atoms with van der Waals surface area (Å²) in [5.41, 5.74) is -1.01. The first-order valence-corrected chi connectivity index (χ1v) is 4.81. The van der Waals surface area contributed by atoms with Crippen molar-refractivity contribution in [3.63, 3.8) is 0 Å². The van der Waals surface area contributed by atoms with Crippen LogP contribution in [0.2, 0.25) is 0 Å². The monoisotopic (exact) mass is 250 g/mol. The number of carboxylic acid groups (broad SMARTS) is 1. The molecule has 0 amide bonds. The van der Waals surface area contributed by atoms with Gasteiger partial charge in [0.2, 0.25) is 0 Å². The summed E-state index contributed by atoms with van der Waals surface area (Å²) in [5, 5.41) is 8.62. The van der Waals surface area contributed by atoms with Crippen LogP contribution < -0.4 is 0 Å². The van der Waals surface area contributed by atoms with Crippen LogP contribution in [0.1, 0.15) is 24.5 Å². The van der Waals surface area contributed by atoms with E-state index in [-0.39, 0.29) is 12.0 Å². The van der Waals surface area contributed by atoms with Crippen molar-refractivity contribution in [2.75, 3.05) is 0 Å². The van der Waals surface area contributed by atoms with Crippen molar-refractivity contribution >= 4 is 5.97 Å². The van der Waals surface area contributed by atoms with E-state index in [1.54, 1.807) is 0 Å². The number of hydrogen-bond acceptors (Lipinski definition) is 1. The molecule has 0 bridgehead atoms. The van der Waals surface area contributed by atoms with Crippen LogP contribution in [0.3, 0.4) is 0 Å². The van der Waals surface area contributed by atoms with E-state index in [0.717, 1.165) is 6.07 Å². The normalized spacial score (nSPS) is 12.8. The molecule has 0 spiro atoms. The van der Waals surface area contributed by atoms with Gasteiger partial charge in [0.1, 0.15) is 0 Å². The Kier molecular flexibility index (Phi) is 4.09. The highest BCUT2D eigenvalue weighted by molar-refractivity contribution is 5.69. The predicted octanol–water partition coefficient (Wildman–Crippen LogP) is 3.17. The van der Waals surface area contributed by atoms with E-state index in [1.165, 1.54) is 6.92 Å². The maximum atomic E-state index is 13.3. The van der Waals surface area contributed by atoms with Gasteiger partial charge in [-0.25, -0.2) is 17.6 Å². The van der Waals surface area contributed by atoms with Gasteiger partial charge in [0.25, 0.3) is 6.43 Å². The lowest BCUT2D eigenvalue weighted by atomic mass is 9.99. The molecule has 1 aromatic rings. The second kappa shape index (κ2) is 5.16. The van der Waals surface area contributed by atoms with Crippen LogP contribution in [0.15, 0.2) is 12.1 Å². The van der Waals surface area contributed by atoms with Crippen molar-refractivity contribution in [3.05, 3.63) is 34.9 Å². The fraction of sp³-hybridized carbons (Fsp3) is 0.364. The molecule has 0 radical (unpaired) electrons. The molecule has 0 aliphatic rings. The van der Waals surface area contributed by atoms with E-state index in [2.05, 4.69) is 0 Å². The molecule has 0 heterocycles. The van der Waals surface area contributed by atoms with Gasteiger partial charge in [0.15, 0.2) is 11.6 Å². The number of halogens is 4. The number of carbonyl (C=O) groups is 1. The molecule has 0 saturated carbocycles. The smallest absolute Gasteiger partial charge is 0.306 e. The summed E-state index contributed by atoms with van der Waals surface area (Å²) < 4.78 is 51.0. The molecule has 0 aliphatic carbocycles. The molecule has 17 heavy (non-hydrogen) atoms. The molecule has 1 unspecified atom stereocenters. The highest BCUT2D eigenvalue weighted by Gasteiger charge is 2.19. The van der Waals surface area contributed by atoms with Gasteiger partial charge in [-0.1, -0.05) is 6.92 Å². The van der Waals surface area contributed by atoms with E-state index >= 15 is 0 Å². The minimum absolute atomic E-state index is 0.335. The Morgan fingerprint density at radius 1 is 1.35 bits per heavy atom. The Labute approximate surface area is 94.9 Å². The number of carboxylic acids is 1. The molecule has 0 aliphatic heterocycles. The lowest BCUT2D eigenvalue weighted by Crippen LogP contribution is -2.14. The predicted molar refractivity (Wildman–Crippen MR) is 51.8 cm³/mol. The van der Waals surface area contributed by atoms with Crippen molar-refractivity contribution in [1.82, 2.24) is 0 Å². The molecule has 1 atom stereocenters. The topological polar surface area (TPSA) is 37.3 Å². The van der Waals surface area contributed by atoms with Crippen molar-refractivity contribution in [2.24, 2.45) is 5.92 Å². The maximum Gasteiger partial charge on any atom is 0.306 e. The third kappa shape index (κ3) is 3.18. The number of aliphatic carboxylic acids is 1. The van der Waals surface area contributed by atoms with Crippen LogP contribution in [-0.4, -0.2) is 11.1 Å². The summed E-state index contributed by atoms with van der Waals surface area (Å²) in [4.78, 5) is 10.6. The number of rotatable bonds is 4. The minimum Gasteiger partial charge on any atom is -0.481 e. The van der Waals surface area contributed by atoms with Crippen LogP contribution in [0.4, 0.5) is 17.6 Å². The highest BCUT2D eigenvalue weighted by Crippen LogP contribution is 2.25. The van der Waals surface area contributed by atoms with Crippen LogP contribution in [0, 0.1) is 17.6 Å². The Hall–Kier alpha value is -1.59. The number of alkyl halides is 2. The second-order valence-electron chi connectivity index (χ2n) is 3.72. The Balaban J connectivity index is 3.09. The SMILES string of the molecule is CC(Cc1cc(C(F)F)cc(F)c1F)C(=O)O. The standard InChI is InChI=1S/C11H10F4O2/c1-5(11(16)17)2-6-3-7(10(14)15)4-8(12)9(6)13/h3-5,10H,2H2,1H3,(H,16,17). The minimum atomic E-state index is -2.93. The van der Waals surface area contributed by atoms with Crippen molar-refractivity contribution < 1.29 is 27.5 Å². The summed E-state index contributed by atoms with van der Waals surface area (Å²) in [7, 11) is 0. The third-order valence-corrected chi connectivity index (χ3v) is 2.33. The first kappa shape index (κ1) is 13.5. The lowest BCUT2D eigenvalue weighted by molar-refractivity contribution is -0.141. The van der Waals surface area contributed by atoms with E-state index in [0.29, 0.717) is 6.07 Å². The van der Waals surface area contributed by atoms with Gasteiger partial charge < -0.3 is 5.11 Å². The zero-order chi connectivity index (χ0) is 13.2. The summed E-state index contributed by atoms with van der Waals surface area (Å²) in [6, 6.07) is 1.21.